The lowest BCUT2D eigenvalue weighted by molar-refractivity contribution is -0.122. The van der Waals surface area contributed by atoms with E-state index >= 15 is 0 Å². The molecule has 24 heavy (non-hydrogen) atoms. The highest BCUT2D eigenvalue weighted by Gasteiger charge is 2.19. The van der Waals surface area contributed by atoms with E-state index < -0.39 is 0 Å². The number of amides is 1. The first kappa shape index (κ1) is 18.8. The Morgan fingerprint density at radius 2 is 1.67 bits per heavy atom. The van der Waals surface area contributed by atoms with Gasteiger partial charge in [-0.05, 0) is 50.5 Å². The van der Waals surface area contributed by atoms with Gasteiger partial charge in [0.25, 0.3) is 0 Å². The zero-order valence-corrected chi connectivity index (χ0v) is 15.8. The second-order valence-electron chi connectivity index (χ2n) is 6.97. The molecule has 0 bridgehead atoms. The van der Waals surface area contributed by atoms with Crippen LogP contribution in [0.1, 0.15) is 50.7 Å². The predicted octanol–water partition coefficient (Wildman–Crippen LogP) is 5.82. The van der Waals surface area contributed by atoms with Crippen LogP contribution in [0.4, 0.5) is 0 Å². The molecule has 128 valence electrons. The Labute approximate surface area is 154 Å². The molecule has 1 N–H and O–H groups in total. The van der Waals surface area contributed by atoms with Crippen LogP contribution in [-0.2, 0) is 4.79 Å². The molecular formula is C20H23Cl2NO. The smallest absolute Gasteiger partial charge is 0.220 e. The third-order valence-corrected chi connectivity index (χ3v) is 4.46. The minimum Gasteiger partial charge on any atom is -0.352 e. The molecule has 0 aromatic heterocycles. The predicted molar refractivity (Wildman–Crippen MR) is 102 cm³/mol. The lowest BCUT2D eigenvalue weighted by Crippen LogP contribution is -2.40. The Kier molecular flexibility index (Phi) is 6.31. The van der Waals surface area contributed by atoms with Crippen molar-refractivity contribution in [3.8, 4) is 0 Å². The van der Waals surface area contributed by atoms with Crippen LogP contribution in [0.25, 0.3) is 0 Å². The van der Waals surface area contributed by atoms with Crippen LogP contribution in [0.2, 0.25) is 10.0 Å². The minimum absolute atomic E-state index is 0.0588. The molecule has 0 heterocycles. The van der Waals surface area contributed by atoms with Crippen molar-refractivity contribution in [2.75, 3.05) is 0 Å². The number of carbonyl (C=O) groups excluding carboxylic acids is 1. The van der Waals surface area contributed by atoms with E-state index in [1.807, 2.05) is 57.2 Å². The Morgan fingerprint density at radius 3 is 2.25 bits per heavy atom. The van der Waals surface area contributed by atoms with Crippen LogP contribution in [0.15, 0.2) is 48.5 Å². The van der Waals surface area contributed by atoms with Gasteiger partial charge in [0.15, 0.2) is 0 Å². The van der Waals surface area contributed by atoms with E-state index in [0.29, 0.717) is 22.9 Å². The zero-order chi connectivity index (χ0) is 17.7. The van der Waals surface area contributed by atoms with Gasteiger partial charge in [-0.15, -0.1) is 0 Å². The molecule has 0 spiro atoms. The highest BCUT2D eigenvalue weighted by atomic mass is 35.5. The van der Waals surface area contributed by atoms with Gasteiger partial charge in [-0.25, -0.2) is 0 Å². The molecule has 0 saturated carbocycles. The number of rotatable bonds is 5. The summed E-state index contributed by atoms with van der Waals surface area (Å²) in [5.74, 6) is 0.162. The SMILES string of the molecule is CC(C)(C)NC(=O)CC[C@H](c1ccccc1)c1ccc(Cl)c(Cl)c1. The van der Waals surface area contributed by atoms with Crippen LogP contribution in [0, 0.1) is 0 Å². The van der Waals surface area contributed by atoms with E-state index in [0.717, 1.165) is 5.56 Å². The third kappa shape index (κ3) is 5.54. The molecule has 4 heteroatoms. The van der Waals surface area contributed by atoms with Gasteiger partial charge in [0, 0.05) is 17.9 Å². The van der Waals surface area contributed by atoms with Gasteiger partial charge in [0.05, 0.1) is 10.0 Å². The number of halogens is 2. The van der Waals surface area contributed by atoms with Gasteiger partial charge < -0.3 is 5.32 Å². The fraction of sp³-hybridized carbons (Fsp3) is 0.350. The van der Waals surface area contributed by atoms with Crippen molar-refractivity contribution in [1.82, 2.24) is 5.32 Å². The summed E-state index contributed by atoms with van der Waals surface area (Å²) < 4.78 is 0. The average molecular weight is 364 g/mol. The first-order valence-corrected chi connectivity index (χ1v) is 8.83. The van der Waals surface area contributed by atoms with Crippen molar-refractivity contribution in [2.45, 2.75) is 45.1 Å². The lowest BCUT2D eigenvalue weighted by Gasteiger charge is -2.22. The monoisotopic (exact) mass is 363 g/mol. The zero-order valence-electron chi connectivity index (χ0n) is 14.3. The van der Waals surface area contributed by atoms with E-state index in [1.165, 1.54) is 5.56 Å². The molecule has 1 amide bonds. The van der Waals surface area contributed by atoms with Crippen molar-refractivity contribution in [3.63, 3.8) is 0 Å². The van der Waals surface area contributed by atoms with Crippen molar-refractivity contribution < 1.29 is 4.79 Å². The Bertz CT molecular complexity index is 693. The lowest BCUT2D eigenvalue weighted by atomic mass is 9.87. The number of hydrogen-bond donors (Lipinski definition) is 1. The number of carbonyl (C=O) groups is 1. The summed E-state index contributed by atoms with van der Waals surface area (Å²) in [5.41, 5.74) is 2.02. The van der Waals surface area contributed by atoms with Gasteiger partial charge in [-0.2, -0.15) is 0 Å². The molecule has 0 radical (unpaired) electrons. The topological polar surface area (TPSA) is 29.1 Å². The van der Waals surface area contributed by atoms with Crippen LogP contribution in [0.3, 0.4) is 0 Å². The van der Waals surface area contributed by atoms with Crippen molar-refractivity contribution in [2.24, 2.45) is 0 Å². The minimum atomic E-state index is -0.219. The van der Waals surface area contributed by atoms with E-state index in [4.69, 9.17) is 23.2 Å². The quantitative estimate of drug-likeness (QED) is 0.712. The molecule has 2 aromatic rings. The molecule has 2 aromatic carbocycles. The summed E-state index contributed by atoms with van der Waals surface area (Å²) in [6, 6.07) is 15.8. The van der Waals surface area contributed by atoms with E-state index in [9.17, 15) is 4.79 Å². The second-order valence-corrected chi connectivity index (χ2v) is 7.79. The molecule has 0 aliphatic carbocycles. The van der Waals surface area contributed by atoms with Gasteiger partial charge in [-0.1, -0.05) is 59.6 Å². The normalized spacial score (nSPS) is 12.7. The number of nitrogens with one attached hydrogen (secondary N) is 1. The Balaban J connectivity index is 2.21. The van der Waals surface area contributed by atoms with Crippen LogP contribution < -0.4 is 5.32 Å². The molecular weight excluding hydrogens is 341 g/mol. The highest BCUT2D eigenvalue weighted by Crippen LogP contribution is 2.33. The third-order valence-electron chi connectivity index (χ3n) is 3.72. The van der Waals surface area contributed by atoms with Gasteiger partial charge in [0.1, 0.15) is 0 Å². The average Bonchev–Trinajstić information content (AvgIpc) is 2.50. The number of hydrogen-bond acceptors (Lipinski definition) is 1. The first-order valence-electron chi connectivity index (χ1n) is 8.07. The summed E-state index contributed by atoms with van der Waals surface area (Å²) >= 11 is 12.2. The van der Waals surface area contributed by atoms with Crippen molar-refractivity contribution in [3.05, 3.63) is 69.7 Å². The first-order chi connectivity index (χ1) is 11.3. The Hall–Kier alpha value is -1.51. The summed E-state index contributed by atoms with van der Waals surface area (Å²) in [4.78, 5) is 12.2. The van der Waals surface area contributed by atoms with Crippen LogP contribution in [-0.4, -0.2) is 11.4 Å². The van der Waals surface area contributed by atoms with Crippen LogP contribution >= 0.6 is 23.2 Å². The molecule has 0 saturated heterocycles. The van der Waals surface area contributed by atoms with Gasteiger partial charge in [0.2, 0.25) is 5.91 Å². The maximum atomic E-state index is 12.2. The molecule has 0 fully saturated rings. The molecule has 0 aliphatic rings. The van der Waals surface area contributed by atoms with E-state index in [1.54, 1.807) is 0 Å². The molecule has 2 rings (SSSR count). The highest BCUT2D eigenvalue weighted by molar-refractivity contribution is 6.42. The largest absolute Gasteiger partial charge is 0.352 e. The van der Waals surface area contributed by atoms with E-state index in [2.05, 4.69) is 17.4 Å². The summed E-state index contributed by atoms with van der Waals surface area (Å²) in [6.45, 7) is 5.95. The Morgan fingerprint density at radius 1 is 1.00 bits per heavy atom. The van der Waals surface area contributed by atoms with Crippen LogP contribution in [0.5, 0.6) is 0 Å². The maximum absolute atomic E-state index is 12.2. The van der Waals surface area contributed by atoms with Crippen molar-refractivity contribution >= 4 is 29.1 Å². The second kappa shape index (κ2) is 8.04. The summed E-state index contributed by atoms with van der Waals surface area (Å²) in [5, 5.41) is 4.09. The molecule has 2 nitrogen and oxygen atoms in total. The fourth-order valence-electron chi connectivity index (χ4n) is 2.70. The summed E-state index contributed by atoms with van der Waals surface area (Å²) in [7, 11) is 0. The number of benzene rings is 2. The van der Waals surface area contributed by atoms with E-state index in [-0.39, 0.29) is 17.4 Å². The van der Waals surface area contributed by atoms with Crippen molar-refractivity contribution in [1.29, 1.82) is 0 Å². The van der Waals surface area contributed by atoms with Gasteiger partial charge in [-0.3, -0.25) is 4.79 Å². The molecule has 1 atom stereocenters. The summed E-state index contributed by atoms with van der Waals surface area (Å²) in [6.07, 6.45) is 1.17. The molecule has 0 unspecified atom stereocenters. The fourth-order valence-corrected chi connectivity index (χ4v) is 3.00. The van der Waals surface area contributed by atoms with Gasteiger partial charge >= 0.3 is 0 Å². The maximum Gasteiger partial charge on any atom is 0.220 e. The standard InChI is InChI=1S/C20H23Cl2NO/c1-20(2,3)23-19(24)12-10-16(14-7-5-4-6-8-14)15-9-11-17(21)18(22)13-15/h4-9,11,13,16H,10,12H2,1-3H3,(H,23,24)/t16-/m1/s1. The molecule has 0 aliphatic heterocycles.